The number of anilines is 1. The van der Waals surface area contributed by atoms with E-state index < -0.39 is 0 Å². The number of amidine groups is 1. The predicted octanol–water partition coefficient (Wildman–Crippen LogP) is 2.79. The number of piperidine rings is 1. The minimum atomic E-state index is -0.382. The first-order valence-corrected chi connectivity index (χ1v) is 7.05. The van der Waals surface area contributed by atoms with Crippen LogP contribution in [0.25, 0.3) is 0 Å². The van der Waals surface area contributed by atoms with Crippen molar-refractivity contribution in [2.45, 2.75) is 26.7 Å². The number of hydrogen-bond acceptors (Lipinski definition) is 3. The smallest absolute Gasteiger partial charge is 0.172 e. The van der Waals surface area contributed by atoms with Gasteiger partial charge in [0.1, 0.15) is 5.82 Å². The van der Waals surface area contributed by atoms with E-state index in [1.807, 2.05) is 0 Å². The molecule has 3 N–H and O–H groups in total. The maximum absolute atomic E-state index is 13.4. The van der Waals surface area contributed by atoms with Gasteiger partial charge >= 0.3 is 0 Å². The number of hydrogen-bond donors (Lipinski definition) is 2. The van der Waals surface area contributed by atoms with Crippen molar-refractivity contribution in [3.63, 3.8) is 0 Å². The number of nitrogens with zero attached hydrogens (tertiary/aromatic N) is 2. The lowest BCUT2D eigenvalue weighted by Crippen LogP contribution is -2.36. The second-order valence-corrected chi connectivity index (χ2v) is 5.72. The first-order valence-electron chi connectivity index (χ1n) is 7.05. The minimum absolute atomic E-state index is 0.0505. The topological polar surface area (TPSA) is 61.8 Å². The molecule has 0 amide bonds. The molecule has 1 aromatic carbocycles. The molecule has 0 aliphatic carbocycles. The van der Waals surface area contributed by atoms with E-state index in [2.05, 4.69) is 23.9 Å². The van der Waals surface area contributed by atoms with Gasteiger partial charge in [-0.25, -0.2) is 4.39 Å². The van der Waals surface area contributed by atoms with Crippen molar-refractivity contribution in [2.24, 2.45) is 22.7 Å². The predicted molar refractivity (Wildman–Crippen MR) is 78.7 cm³/mol. The maximum atomic E-state index is 13.4. The summed E-state index contributed by atoms with van der Waals surface area (Å²) in [6.45, 7) is 6.33. The average Bonchev–Trinajstić information content (AvgIpc) is 2.46. The fraction of sp³-hybridized carbons (Fsp3) is 0.533. The molecule has 1 aromatic rings. The molecule has 1 aliphatic rings. The highest BCUT2D eigenvalue weighted by molar-refractivity contribution is 6.02. The zero-order valence-corrected chi connectivity index (χ0v) is 12.0. The largest absolute Gasteiger partial charge is 0.409 e. The van der Waals surface area contributed by atoms with Crippen LogP contribution < -0.4 is 10.6 Å². The van der Waals surface area contributed by atoms with Gasteiger partial charge in [0.25, 0.3) is 0 Å². The Hall–Kier alpha value is -1.78. The average molecular weight is 279 g/mol. The standard InChI is InChI=1S/C15H22FN3O/c1-10(2)11-5-7-19(8-6-11)14-4-3-12(16)9-13(14)15(17)18-20/h3-4,9-11,20H,5-8H2,1-2H3,(H2,17,18). The lowest BCUT2D eigenvalue weighted by molar-refractivity contribution is 0.311. The number of oxime groups is 1. The zero-order valence-electron chi connectivity index (χ0n) is 12.0. The molecule has 0 bridgehead atoms. The molecule has 0 unspecified atom stereocenters. The Bertz CT molecular complexity index is 494. The Morgan fingerprint density at radius 3 is 2.60 bits per heavy atom. The van der Waals surface area contributed by atoms with Gasteiger partial charge in [0.15, 0.2) is 5.84 Å². The van der Waals surface area contributed by atoms with Gasteiger partial charge in [-0.3, -0.25) is 0 Å². The monoisotopic (exact) mass is 279 g/mol. The summed E-state index contributed by atoms with van der Waals surface area (Å²) >= 11 is 0. The highest BCUT2D eigenvalue weighted by Crippen LogP contribution is 2.30. The molecule has 1 fully saturated rings. The highest BCUT2D eigenvalue weighted by Gasteiger charge is 2.23. The second-order valence-electron chi connectivity index (χ2n) is 5.72. The fourth-order valence-electron chi connectivity index (χ4n) is 2.85. The molecule has 110 valence electrons. The zero-order chi connectivity index (χ0) is 14.7. The number of nitrogens with two attached hydrogens (primary N) is 1. The van der Waals surface area contributed by atoms with Crippen LogP contribution in [-0.4, -0.2) is 24.1 Å². The van der Waals surface area contributed by atoms with E-state index in [-0.39, 0.29) is 11.7 Å². The van der Waals surface area contributed by atoms with Gasteiger partial charge in [-0.2, -0.15) is 0 Å². The van der Waals surface area contributed by atoms with Crippen LogP contribution in [0, 0.1) is 17.7 Å². The SMILES string of the molecule is CC(C)C1CCN(c2ccc(F)cc2/C(N)=N/O)CC1. The van der Waals surface area contributed by atoms with Crippen molar-refractivity contribution in [2.75, 3.05) is 18.0 Å². The molecule has 5 heteroatoms. The van der Waals surface area contributed by atoms with Crippen LogP contribution in [-0.2, 0) is 0 Å². The molecular weight excluding hydrogens is 257 g/mol. The molecule has 0 aromatic heterocycles. The van der Waals surface area contributed by atoms with E-state index in [1.165, 1.54) is 12.1 Å². The third-order valence-electron chi connectivity index (χ3n) is 4.17. The summed E-state index contributed by atoms with van der Waals surface area (Å²) in [5.41, 5.74) is 6.94. The van der Waals surface area contributed by atoms with Crippen LogP contribution in [0.4, 0.5) is 10.1 Å². The van der Waals surface area contributed by atoms with E-state index in [4.69, 9.17) is 10.9 Å². The lowest BCUT2D eigenvalue weighted by atomic mass is 9.86. The lowest BCUT2D eigenvalue weighted by Gasteiger charge is -2.36. The maximum Gasteiger partial charge on any atom is 0.172 e. The van der Waals surface area contributed by atoms with Crippen LogP contribution in [0.5, 0.6) is 0 Å². The summed E-state index contributed by atoms with van der Waals surface area (Å²) < 4.78 is 13.4. The molecule has 1 heterocycles. The molecule has 20 heavy (non-hydrogen) atoms. The quantitative estimate of drug-likeness (QED) is 0.387. The van der Waals surface area contributed by atoms with Crippen LogP contribution in [0.1, 0.15) is 32.3 Å². The Labute approximate surface area is 119 Å². The third kappa shape index (κ3) is 3.03. The van der Waals surface area contributed by atoms with Gasteiger partial charge < -0.3 is 15.8 Å². The van der Waals surface area contributed by atoms with Gasteiger partial charge in [0, 0.05) is 24.3 Å². The van der Waals surface area contributed by atoms with Gasteiger partial charge in [-0.1, -0.05) is 19.0 Å². The molecule has 1 saturated heterocycles. The van der Waals surface area contributed by atoms with Crippen LogP contribution >= 0.6 is 0 Å². The fourth-order valence-corrected chi connectivity index (χ4v) is 2.85. The molecule has 0 radical (unpaired) electrons. The van der Waals surface area contributed by atoms with Gasteiger partial charge in [-0.15, -0.1) is 0 Å². The Kier molecular flexibility index (Phi) is 4.47. The summed E-state index contributed by atoms with van der Waals surface area (Å²) in [6, 6.07) is 4.44. The third-order valence-corrected chi connectivity index (χ3v) is 4.17. The number of rotatable bonds is 3. The molecule has 1 aliphatic heterocycles. The van der Waals surface area contributed by atoms with E-state index in [1.54, 1.807) is 6.07 Å². The summed E-state index contributed by atoms with van der Waals surface area (Å²) in [5, 5.41) is 11.8. The molecule has 0 spiro atoms. The van der Waals surface area contributed by atoms with E-state index in [0.29, 0.717) is 11.5 Å². The molecule has 2 rings (SSSR count). The number of halogens is 1. The van der Waals surface area contributed by atoms with Crippen molar-refractivity contribution in [1.29, 1.82) is 0 Å². The molecule has 4 nitrogen and oxygen atoms in total. The highest BCUT2D eigenvalue weighted by atomic mass is 19.1. The van der Waals surface area contributed by atoms with Crippen molar-refractivity contribution >= 4 is 11.5 Å². The van der Waals surface area contributed by atoms with Crippen molar-refractivity contribution in [3.8, 4) is 0 Å². The summed E-state index contributed by atoms with van der Waals surface area (Å²) in [5.74, 6) is 0.991. The molecule has 0 atom stereocenters. The summed E-state index contributed by atoms with van der Waals surface area (Å²) in [7, 11) is 0. The minimum Gasteiger partial charge on any atom is -0.409 e. The van der Waals surface area contributed by atoms with Crippen LogP contribution in [0.2, 0.25) is 0 Å². The van der Waals surface area contributed by atoms with E-state index in [9.17, 15) is 4.39 Å². The first kappa shape index (κ1) is 14.6. The van der Waals surface area contributed by atoms with E-state index >= 15 is 0 Å². The van der Waals surface area contributed by atoms with Gasteiger partial charge in [-0.05, 0) is 42.9 Å². The molecular formula is C15H22FN3O. The molecule has 0 saturated carbocycles. The normalized spacial score (nSPS) is 17.8. The summed E-state index contributed by atoms with van der Waals surface area (Å²) in [4.78, 5) is 2.19. The Morgan fingerprint density at radius 2 is 2.05 bits per heavy atom. The van der Waals surface area contributed by atoms with Crippen molar-refractivity contribution in [1.82, 2.24) is 0 Å². The van der Waals surface area contributed by atoms with E-state index in [0.717, 1.165) is 37.5 Å². The Balaban J connectivity index is 2.22. The van der Waals surface area contributed by atoms with Crippen molar-refractivity contribution in [3.05, 3.63) is 29.6 Å². The number of benzene rings is 1. The Morgan fingerprint density at radius 1 is 1.40 bits per heavy atom. The second kappa shape index (κ2) is 6.11. The van der Waals surface area contributed by atoms with Crippen molar-refractivity contribution < 1.29 is 9.60 Å². The van der Waals surface area contributed by atoms with Gasteiger partial charge in [0.2, 0.25) is 0 Å². The first-order chi connectivity index (χ1) is 9.52. The summed E-state index contributed by atoms with van der Waals surface area (Å²) in [6.07, 6.45) is 2.23. The van der Waals surface area contributed by atoms with Crippen LogP contribution in [0.3, 0.4) is 0 Å². The van der Waals surface area contributed by atoms with Crippen LogP contribution in [0.15, 0.2) is 23.4 Å². The van der Waals surface area contributed by atoms with Gasteiger partial charge in [0.05, 0.1) is 0 Å².